The summed E-state index contributed by atoms with van der Waals surface area (Å²) in [7, 11) is 0. The summed E-state index contributed by atoms with van der Waals surface area (Å²) in [5, 5.41) is 0. The molecule has 0 amide bonds. The Hall–Kier alpha value is 1.46. The maximum absolute atomic E-state index is 2.60. The van der Waals surface area contributed by atoms with Gasteiger partial charge in [0.15, 0.2) is 0 Å². The molecule has 0 aromatic carbocycles. The molecule has 0 bridgehead atoms. The van der Waals surface area contributed by atoms with Gasteiger partial charge in [0.05, 0.1) is 0 Å². The first kappa shape index (κ1) is 8.56. The Balaban J connectivity index is 2.35. The van der Waals surface area contributed by atoms with Crippen LogP contribution in [0.5, 0.6) is 0 Å². The van der Waals surface area contributed by atoms with E-state index in [0.29, 0.717) is 3.42 Å². The highest BCUT2D eigenvalue weighted by Gasteiger charge is 2.26. The lowest BCUT2D eigenvalue weighted by Gasteiger charge is -2.29. The van der Waals surface area contributed by atoms with Gasteiger partial charge in [-0.15, -0.1) is 0 Å². The van der Waals surface area contributed by atoms with Gasteiger partial charge in [-0.1, -0.05) is 52.1 Å². The average molecular weight is 350 g/mol. The topological polar surface area (TPSA) is 0 Å². The summed E-state index contributed by atoms with van der Waals surface area (Å²) in [6, 6.07) is 0. The van der Waals surface area contributed by atoms with Gasteiger partial charge in [0.1, 0.15) is 0 Å². The number of hydrogen-bond donors (Lipinski definition) is 0. The second kappa shape index (κ2) is 3.24. The lowest BCUT2D eigenvalue weighted by atomic mass is 9.91. The quantitative estimate of drug-likeness (QED) is 0.463. The molecule has 0 atom stereocenters. The zero-order valence-electron chi connectivity index (χ0n) is 5.66. The van der Waals surface area contributed by atoms with Gasteiger partial charge in [0, 0.05) is 7.35 Å². The largest absolute Gasteiger partial charge is 0.0826 e. The predicted octanol–water partition coefficient (Wildman–Crippen LogP) is 3.56. The Morgan fingerprint density at radius 1 is 1.33 bits per heavy atom. The van der Waals surface area contributed by atoms with Crippen molar-refractivity contribution < 1.29 is 0 Å². The summed E-state index contributed by atoms with van der Waals surface area (Å²) in [5.74, 6) is 0. The molecular weight excluding hydrogens is 338 g/mol. The second-order valence-electron chi connectivity index (χ2n) is 3.09. The Morgan fingerprint density at radius 3 is 2.11 bits per heavy atom. The summed E-state index contributed by atoms with van der Waals surface area (Å²) in [6.07, 6.45) is 5.70. The monoisotopic (exact) mass is 350 g/mol. The molecule has 0 aliphatic heterocycles. The van der Waals surface area contributed by atoms with Crippen molar-refractivity contribution in [2.24, 2.45) is 0 Å². The number of hydrogen-bond acceptors (Lipinski definition) is 0. The zero-order chi connectivity index (χ0) is 6.91. The van der Waals surface area contributed by atoms with Gasteiger partial charge < -0.3 is 0 Å². The highest BCUT2D eigenvalue weighted by Crippen LogP contribution is 2.38. The van der Waals surface area contributed by atoms with E-state index in [1.54, 1.807) is 0 Å². The molecule has 0 N–H and O–H groups in total. The van der Waals surface area contributed by atoms with Crippen LogP contribution in [0.4, 0.5) is 0 Å². The van der Waals surface area contributed by atoms with Crippen molar-refractivity contribution >= 4 is 45.2 Å². The van der Waals surface area contributed by atoms with Gasteiger partial charge in [-0.2, -0.15) is 0 Å². The average Bonchev–Trinajstić information content (AvgIpc) is 1.78. The molecule has 0 aromatic heterocycles. The van der Waals surface area contributed by atoms with Crippen LogP contribution in [0.1, 0.15) is 32.6 Å². The maximum atomic E-state index is 2.60. The fourth-order valence-electron chi connectivity index (χ4n) is 1.18. The van der Waals surface area contributed by atoms with Crippen LogP contribution in [0.15, 0.2) is 0 Å². The Labute approximate surface area is 84.4 Å². The molecule has 1 aliphatic carbocycles. The number of halogens is 2. The first-order valence-corrected chi connectivity index (χ1v) is 5.76. The minimum atomic E-state index is 0.624. The fraction of sp³-hybridized carbons (Fsp3) is 1.00. The van der Waals surface area contributed by atoms with Crippen LogP contribution < -0.4 is 0 Å². The van der Waals surface area contributed by atoms with Crippen molar-refractivity contribution in [1.29, 1.82) is 0 Å². The molecule has 0 radical (unpaired) electrons. The molecule has 1 aliphatic rings. The Bertz CT molecular complexity index is 89.1. The molecule has 1 fully saturated rings. The third-order valence-corrected chi connectivity index (χ3v) is 4.28. The zero-order valence-corrected chi connectivity index (χ0v) is 9.98. The lowest BCUT2D eigenvalue weighted by molar-refractivity contribution is 0.457. The van der Waals surface area contributed by atoms with E-state index in [9.17, 15) is 0 Å². The molecule has 0 saturated heterocycles. The van der Waals surface area contributed by atoms with Crippen molar-refractivity contribution in [3.63, 3.8) is 0 Å². The second-order valence-corrected chi connectivity index (χ2v) is 7.45. The highest BCUT2D eigenvalue weighted by atomic mass is 127. The fourth-order valence-corrected chi connectivity index (χ4v) is 2.43. The van der Waals surface area contributed by atoms with Crippen LogP contribution in [-0.2, 0) is 0 Å². The third-order valence-electron chi connectivity index (χ3n) is 1.96. The molecule has 9 heavy (non-hydrogen) atoms. The first-order valence-electron chi connectivity index (χ1n) is 3.43. The molecule has 0 spiro atoms. The summed E-state index contributed by atoms with van der Waals surface area (Å²) < 4.78 is 1.59. The van der Waals surface area contributed by atoms with E-state index >= 15 is 0 Å². The molecule has 1 rings (SSSR count). The van der Waals surface area contributed by atoms with E-state index in [1.807, 2.05) is 0 Å². The summed E-state index contributed by atoms with van der Waals surface area (Å²) in [6.45, 7) is 2.37. The number of alkyl halides is 2. The van der Waals surface area contributed by atoms with Crippen LogP contribution in [0.25, 0.3) is 0 Å². The lowest BCUT2D eigenvalue weighted by Crippen LogP contribution is -2.23. The highest BCUT2D eigenvalue weighted by molar-refractivity contribution is 14.1. The normalized spacial score (nSPS) is 45.0. The van der Waals surface area contributed by atoms with Gasteiger partial charge in [0.25, 0.3) is 0 Å². The van der Waals surface area contributed by atoms with Crippen LogP contribution in [0.2, 0.25) is 0 Å². The molecule has 0 aromatic rings. The SMILES string of the molecule is CC1(I)CCC(I)CC1. The van der Waals surface area contributed by atoms with Crippen LogP contribution in [-0.4, -0.2) is 7.35 Å². The van der Waals surface area contributed by atoms with Gasteiger partial charge >= 0.3 is 0 Å². The van der Waals surface area contributed by atoms with Crippen molar-refractivity contribution in [2.75, 3.05) is 0 Å². The molecule has 0 unspecified atom stereocenters. The molecule has 54 valence electrons. The van der Waals surface area contributed by atoms with Crippen molar-refractivity contribution in [2.45, 2.75) is 40.0 Å². The predicted molar refractivity (Wildman–Crippen MR) is 58.7 cm³/mol. The molecular formula is C7H12I2. The molecule has 0 nitrogen and oxygen atoms in total. The molecule has 2 heteroatoms. The minimum absolute atomic E-state index is 0.624. The smallest absolute Gasteiger partial charge is 0.0195 e. The van der Waals surface area contributed by atoms with Gasteiger partial charge in [0.2, 0.25) is 0 Å². The van der Waals surface area contributed by atoms with Gasteiger partial charge in [-0.3, -0.25) is 0 Å². The number of rotatable bonds is 0. The minimum Gasteiger partial charge on any atom is -0.0826 e. The van der Waals surface area contributed by atoms with Crippen LogP contribution in [0, 0.1) is 0 Å². The standard InChI is InChI=1S/C7H12I2/c1-7(9)4-2-6(8)3-5-7/h6H,2-5H2,1H3. The van der Waals surface area contributed by atoms with Gasteiger partial charge in [-0.25, -0.2) is 0 Å². The van der Waals surface area contributed by atoms with E-state index in [4.69, 9.17) is 0 Å². The van der Waals surface area contributed by atoms with E-state index in [-0.39, 0.29) is 0 Å². The van der Waals surface area contributed by atoms with Gasteiger partial charge in [-0.05, 0) is 25.7 Å². The summed E-state index contributed by atoms with van der Waals surface area (Å²) >= 11 is 5.17. The summed E-state index contributed by atoms with van der Waals surface area (Å²) in [4.78, 5) is 0. The van der Waals surface area contributed by atoms with E-state index < -0.39 is 0 Å². The van der Waals surface area contributed by atoms with Crippen molar-refractivity contribution in [1.82, 2.24) is 0 Å². The van der Waals surface area contributed by atoms with Crippen LogP contribution >= 0.6 is 45.2 Å². The third kappa shape index (κ3) is 2.91. The first-order chi connectivity index (χ1) is 4.10. The van der Waals surface area contributed by atoms with Crippen molar-refractivity contribution in [3.05, 3.63) is 0 Å². The summed E-state index contributed by atoms with van der Waals surface area (Å²) in [5.41, 5.74) is 0. The molecule has 1 saturated carbocycles. The maximum Gasteiger partial charge on any atom is 0.0195 e. The van der Waals surface area contributed by atoms with E-state index in [1.165, 1.54) is 25.7 Å². The van der Waals surface area contributed by atoms with E-state index in [2.05, 4.69) is 52.1 Å². The van der Waals surface area contributed by atoms with E-state index in [0.717, 1.165) is 3.92 Å². The van der Waals surface area contributed by atoms with Crippen molar-refractivity contribution in [3.8, 4) is 0 Å². The molecule has 0 heterocycles. The Kier molecular flexibility index (Phi) is 3.08. The van der Waals surface area contributed by atoms with Crippen LogP contribution in [0.3, 0.4) is 0 Å². The Morgan fingerprint density at radius 2 is 1.78 bits per heavy atom.